The second-order valence-electron chi connectivity index (χ2n) is 6.94. The van der Waals surface area contributed by atoms with Crippen LogP contribution >= 0.6 is 11.3 Å². The van der Waals surface area contributed by atoms with Gasteiger partial charge in [0.1, 0.15) is 18.2 Å². The second kappa shape index (κ2) is 6.89. The zero-order valence-corrected chi connectivity index (χ0v) is 16.2. The van der Waals surface area contributed by atoms with Crippen LogP contribution in [0.2, 0.25) is 0 Å². The number of Topliss-reactive ketones (excluding diaryl/α,β-unsaturated/α-hetero) is 1. The third-order valence-corrected chi connectivity index (χ3v) is 5.97. The smallest absolute Gasteiger partial charge is 0.232 e. The molecule has 0 spiro atoms. The van der Waals surface area contributed by atoms with E-state index in [0.717, 1.165) is 28.3 Å². The Balaban J connectivity index is 1.45. The molecule has 0 N–H and O–H groups in total. The predicted molar refractivity (Wildman–Crippen MR) is 107 cm³/mol. The lowest BCUT2D eigenvalue weighted by molar-refractivity contribution is 0.0872. The quantitative estimate of drug-likeness (QED) is 0.620. The molecule has 0 amide bonds. The van der Waals surface area contributed by atoms with Crippen LogP contribution in [0.5, 0.6) is 11.5 Å². The minimum Gasteiger partial charge on any atom is -0.478 e. The maximum atomic E-state index is 12.8. The number of pyridine rings is 1. The molecule has 0 aliphatic carbocycles. The molecular weight excluding hydrogens is 372 g/mol. The molecular formula is C22H18N2O3S. The highest BCUT2D eigenvalue weighted by molar-refractivity contribution is 7.11. The number of hydrogen-bond donors (Lipinski definition) is 0. The van der Waals surface area contributed by atoms with Crippen LogP contribution in [-0.4, -0.2) is 22.4 Å². The summed E-state index contributed by atoms with van der Waals surface area (Å²) in [5.74, 6) is 1.71. The number of thiophene rings is 1. The number of aromatic nitrogens is 1. The van der Waals surface area contributed by atoms with Crippen LogP contribution in [0.15, 0.2) is 53.9 Å². The molecule has 0 saturated carbocycles. The minimum atomic E-state index is -0.0724. The van der Waals surface area contributed by atoms with Crippen molar-refractivity contribution in [2.45, 2.75) is 20.0 Å². The van der Waals surface area contributed by atoms with Gasteiger partial charge in [-0.2, -0.15) is 0 Å². The summed E-state index contributed by atoms with van der Waals surface area (Å²) in [6.45, 7) is 3.94. The van der Waals surface area contributed by atoms with Gasteiger partial charge in [0.2, 0.25) is 5.78 Å². The van der Waals surface area contributed by atoms with Gasteiger partial charge in [-0.1, -0.05) is 0 Å². The first kappa shape index (κ1) is 17.2. The van der Waals surface area contributed by atoms with Crippen molar-refractivity contribution in [3.63, 3.8) is 0 Å². The molecule has 5 rings (SSSR count). The van der Waals surface area contributed by atoms with Gasteiger partial charge in [0, 0.05) is 36.4 Å². The maximum Gasteiger partial charge on any atom is 0.232 e. The molecule has 6 heteroatoms. The van der Waals surface area contributed by atoms with Crippen LogP contribution in [0.3, 0.4) is 0 Å². The highest BCUT2D eigenvalue weighted by atomic mass is 32.1. The summed E-state index contributed by atoms with van der Waals surface area (Å²) in [5.41, 5.74) is 3.84. The first-order chi connectivity index (χ1) is 13.7. The monoisotopic (exact) mass is 390 g/mol. The molecule has 0 atom stereocenters. The van der Waals surface area contributed by atoms with E-state index in [0.29, 0.717) is 30.3 Å². The average molecular weight is 390 g/mol. The van der Waals surface area contributed by atoms with Crippen LogP contribution in [0, 0.1) is 6.92 Å². The standard InChI is InChI=1S/C22H18N2O3S/c1-14-6-9-28-20(14)10-19-21(25)16-2-3-18-17(22(16)27-19)12-24(13-26-18)11-15-4-7-23-8-5-15/h2-10H,11-13H2,1H3/b19-10-. The summed E-state index contributed by atoms with van der Waals surface area (Å²) in [4.78, 5) is 20.1. The van der Waals surface area contributed by atoms with Gasteiger partial charge in [-0.3, -0.25) is 14.7 Å². The van der Waals surface area contributed by atoms with Gasteiger partial charge in [0.25, 0.3) is 0 Å². The van der Waals surface area contributed by atoms with Gasteiger partial charge in [-0.05, 0) is 53.8 Å². The molecule has 1 aromatic carbocycles. The fraction of sp³-hybridized carbons (Fsp3) is 0.182. The fourth-order valence-electron chi connectivity index (χ4n) is 3.50. The molecule has 0 bridgehead atoms. The number of fused-ring (bicyclic) bond motifs is 3. The Morgan fingerprint density at radius 1 is 1.21 bits per heavy atom. The fourth-order valence-corrected chi connectivity index (χ4v) is 4.35. The summed E-state index contributed by atoms with van der Waals surface area (Å²) in [6, 6.07) is 9.70. The van der Waals surface area contributed by atoms with E-state index >= 15 is 0 Å². The van der Waals surface area contributed by atoms with Gasteiger partial charge < -0.3 is 9.47 Å². The molecule has 0 radical (unpaired) electrons. The largest absolute Gasteiger partial charge is 0.478 e. The number of allylic oxidation sites excluding steroid dienone is 1. The van der Waals surface area contributed by atoms with Gasteiger partial charge >= 0.3 is 0 Å². The zero-order chi connectivity index (χ0) is 19.1. The Bertz CT molecular complexity index is 1090. The second-order valence-corrected chi connectivity index (χ2v) is 7.89. The van der Waals surface area contributed by atoms with Crippen LogP contribution < -0.4 is 9.47 Å². The lowest BCUT2D eigenvalue weighted by Crippen LogP contribution is -2.31. The zero-order valence-electron chi connectivity index (χ0n) is 15.3. The van der Waals surface area contributed by atoms with E-state index in [9.17, 15) is 4.79 Å². The van der Waals surface area contributed by atoms with E-state index in [1.54, 1.807) is 29.8 Å². The summed E-state index contributed by atoms with van der Waals surface area (Å²) in [7, 11) is 0. The number of carbonyl (C=O) groups is 1. The third-order valence-electron chi connectivity index (χ3n) is 5.00. The van der Waals surface area contributed by atoms with E-state index in [-0.39, 0.29) is 5.78 Å². The SMILES string of the molecule is Cc1ccsc1/C=C1\Oc2c(ccc3c2CN(Cc2ccncc2)CO3)C1=O. The van der Waals surface area contributed by atoms with E-state index in [1.165, 1.54) is 5.56 Å². The van der Waals surface area contributed by atoms with E-state index < -0.39 is 0 Å². The topological polar surface area (TPSA) is 51.7 Å². The summed E-state index contributed by atoms with van der Waals surface area (Å²) in [5, 5.41) is 2.01. The molecule has 3 aromatic rings. The van der Waals surface area contributed by atoms with Crippen molar-refractivity contribution in [2.75, 3.05) is 6.73 Å². The normalized spacial score (nSPS) is 17.2. The highest BCUT2D eigenvalue weighted by Gasteiger charge is 2.33. The third kappa shape index (κ3) is 3.00. The highest BCUT2D eigenvalue weighted by Crippen LogP contribution is 2.42. The number of ketones is 1. The molecule has 0 fully saturated rings. The molecule has 0 saturated heterocycles. The summed E-state index contributed by atoms with van der Waals surface area (Å²) < 4.78 is 12.0. The molecule has 0 unspecified atom stereocenters. The lowest BCUT2D eigenvalue weighted by Gasteiger charge is -2.29. The first-order valence-corrected chi connectivity index (χ1v) is 9.95. The first-order valence-electron chi connectivity index (χ1n) is 9.07. The molecule has 28 heavy (non-hydrogen) atoms. The maximum absolute atomic E-state index is 12.8. The van der Waals surface area contributed by atoms with Gasteiger partial charge in [0.15, 0.2) is 5.76 Å². The summed E-state index contributed by atoms with van der Waals surface area (Å²) in [6.07, 6.45) is 5.42. The molecule has 2 aromatic heterocycles. The number of carbonyl (C=O) groups excluding carboxylic acids is 1. The Labute approximate surface area is 166 Å². The average Bonchev–Trinajstić information content (AvgIpc) is 3.26. The van der Waals surface area contributed by atoms with Crippen molar-refractivity contribution >= 4 is 23.2 Å². The van der Waals surface area contributed by atoms with Crippen LogP contribution in [-0.2, 0) is 13.1 Å². The van der Waals surface area contributed by atoms with Crippen molar-refractivity contribution in [3.8, 4) is 11.5 Å². The number of nitrogens with zero attached hydrogens (tertiary/aromatic N) is 2. The predicted octanol–water partition coefficient (Wildman–Crippen LogP) is 4.42. The Morgan fingerprint density at radius 3 is 2.86 bits per heavy atom. The minimum absolute atomic E-state index is 0.0724. The van der Waals surface area contributed by atoms with Gasteiger partial charge in [0.05, 0.1) is 11.1 Å². The molecule has 4 heterocycles. The van der Waals surface area contributed by atoms with Gasteiger partial charge in [-0.25, -0.2) is 0 Å². The van der Waals surface area contributed by atoms with Crippen LogP contribution in [0.4, 0.5) is 0 Å². The number of aryl methyl sites for hydroxylation is 1. The Kier molecular flexibility index (Phi) is 4.22. The van der Waals surface area contributed by atoms with Crippen molar-refractivity contribution in [2.24, 2.45) is 0 Å². The number of rotatable bonds is 3. The van der Waals surface area contributed by atoms with Crippen molar-refractivity contribution in [3.05, 3.63) is 81.0 Å². The van der Waals surface area contributed by atoms with E-state index in [1.807, 2.05) is 42.6 Å². The molecule has 5 nitrogen and oxygen atoms in total. The number of hydrogen-bond acceptors (Lipinski definition) is 6. The van der Waals surface area contributed by atoms with Crippen molar-refractivity contribution in [1.82, 2.24) is 9.88 Å². The van der Waals surface area contributed by atoms with E-state index in [2.05, 4.69) is 9.88 Å². The summed E-state index contributed by atoms with van der Waals surface area (Å²) >= 11 is 1.60. The van der Waals surface area contributed by atoms with Crippen LogP contribution in [0.1, 0.15) is 31.9 Å². The lowest BCUT2D eigenvalue weighted by atomic mass is 10.0. The van der Waals surface area contributed by atoms with Crippen LogP contribution in [0.25, 0.3) is 6.08 Å². The van der Waals surface area contributed by atoms with E-state index in [4.69, 9.17) is 9.47 Å². The van der Waals surface area contributed by atoms with Crippen molar-refractivity contribution in [1.29, 1.82) is 0 Å². The van der Waals surface area contributed by atoms with Gasteiger partial charge in [-0.15, -0.1) is 11.3 Å². The molecule has 2 aliphatic rings. The van der Waals surface area contributed by atoms with Crippen molar-refractivity contribution < 1.29 is 14.3 Å². The molecule has 140 valence electrons. The number of benzene rings is 1. The Hall–Kier alpha value is -2.96. The molecule has 2 aliphatic heterocycles. The Morgan fingerprint density at radius 2 is 2.07 bits per heavy atom. The number of ether oxygens (including phenoxy) is 2.